The molecule has 1 aromatic carbocycles. The SMILES string of the molecule is Cn1cc2c(C3C(=O)Cc4ccc(Br)cc43)nc(NCc3ccncc3)nc2n1. The smallest absolute Gasteiger partial charge is 0.225 e. The Hall–Kier alpha value is -3.13. The van der Waals surface area contributed by atoms with Crippen LogP contribution in [0.1, 0.15) is 28.3 Å². The molecule has 1 N–H and O–H groups in total. The lowest BCUT2D eigenvalue weighted by molar-refractivity contribution is -0.118. The number of hydrogen-bond donors (Lipinski definition) is 1. The Morgan fingerprint density at radius 2 is 2.03 bits per heavy atom. The van der Waals surface area contributed by atoms with Crippen molar-refractivity contribution in [1.29, 1.82) is 0 Å². The van der Waals surface area contributed by atoms with E-state index in [0.29, 0.717) is 30.3 Å². The van der Waals surface area contributed by atoms with Gasteiger partial charge in [0.05, 0.1) is 17.0 Å². The normalized spacial score (nSPS) is 15.7. The number of Topliss-reactive ketones (excluding diaryl/α,β-unsaturated/α-hetero) is 1. The number of aromatic nitrogens is 5. The zero-order valence-electron chi connectivity index (χ0n) is 15.6. The van der Waals surface area contributed by atoms with Crippen molar-refractivity contribution in [1.82, 2.24) is 24.7 Å². The van der Waals surface area contributed by atoms with E-state index in [1.165, 1.54) is 0 Å². The average molecular weight is 449 g/mol. The van der Waals surface area contributed by atoms with Gasteiger partial charge >= 0.3 is 0 Å². The number of halogens is 1. The second kappa shape index (κ2) is 7.04. The zero-order chi connectivity index (χ0) is 20.0. The van der Waals surface area contributed by atoms with Gasteiger partial charge in [0.15, 0.2) is 11.4 Å². The molecule has 29 heavy (non-hydrogen) atoms. The van der Waals surface area contributed by atoms with Gasteiger partial charge in [-0.15, -0.1) is 0 Å². The van der Waals surface area contributed by atoms with Gasteiger partial charge in [0.1, 0.15) is 0 Å². The van der Waals surface area contributed by atoms with Crippen LogP contribution in [0.25, 0.3) is 11.0 Å². The van der Waals surface area contributed by atoms with Crippen molar-refractivity contribution in [2.45, 2.75) is 18.9 Å². The maximum Gasteiger partial charge on any atom is 0.225 e. The highest BCUT2D eigenvalue weighted by atomic mass is 79.9. The molecule has 0 amide bonds. The lowest BCUT2D eigenvalue weighted by Gasteiger charge is -2.13. The van der Waals surface area contributed by atoms with Crippen LogP contribution in [0, 0.1) is 0 Å². The van der Waals surface area contributed by atoms with E-state index < -0.39 is 5.92 Å². The molecule has 3 aromatic heterocycles. The number of nitrogens with one attached hydrogen (secondary N) is 1. The molecule has 8 heteroatoms. The topological polar surface area (TPSA) is 85.6 Å². The number of ketones is 1. The largest absolute Gasteiger partial charge is 0.350 e. The fraction of sp³-hybridized carbons (Fsp3) is 0.190. The van der Waals surface area contributed by atoms with Crippen LogP contribution in [0.2, 0.25) is 0 Å². The molecule has 0 bridgehead atoms. The summed E-state index contributed by atoms with van der Waals surface area (Å²) in [5, 5.41) is 8.51. The molecule has 0 saturated heterocycles. The van der Waals surface area contributed by atoms with Gasteiger partial charge in [0.25, 0.3) is 0 Å². The first-order valence-electron chi connectivity index (χ1n) is 9.23. The van der Waals surface area contributed by atoms with Crippen LogP contribution in [0.3, 0.4) is 0 Å². The summed E-state index contributed by atoms with van der Waals surface area (Å²) < 4.78 is 2.65. The molecule has 1 atom stereocenters. The Kier molecular flexibility index (Phi) is 4.35. The third kappa shape index (κ3) is 3.29. The summed E-state index contributed by atoms with van der Waals surface area (Å²) in [7, 11) is 1.84. The lowest BCUT2D eigenvalue weighted by atomic mass is 9.95. The summed E-state index contributed by atoms with van der Waals surface area (Å²) in [4.78, 5) is 26.3. The van der Waals surface area contributed by atoms with Crippen LogP contribution in [-0.2, 0) is 24.8 Å². The fourth-order valence-electron chi connectivity index (χ4n) is 3.78. The molecule has 0 spiro atoms. The van der Waals surface area contributed by atoms with Gasteiger partial charge in [-0.2, -0.15) is 10.1 Å². The molecule has 0 fully saturated rings. The number of rotatable bonds is 4. The summed E-state index contributed by atoms with van der Waals surface area (Å²) in [6.07, 6.45) is 5.79. The summed E-state index contributed by atoms with van der Waals surface area (Å²) in [6.45, 7) is 0.557. The van der Waals surface area contributed by atoms with Crippen molar-refractivity contribution < 1.29 is 4.79 Å². The van der Waals surface area contributed by atoms with Gasteiger partial charge in [-0.3, -0.25) is 14.5 Å². The lowest BCUT2D eigenvalue weighted by Crippen LogP contribution is -2.13. The first kappa shape index (κ1) is 17.9. The third-order valence-corrected chi connectivity index (χ3v) is 5.60. The molecule has 1 aliphatic rings. The van der Waals surface area contributed by atoms with Crippen molar-refractivity contribution in [3.63, 3.8) is 0 Å². The molecule has 0 aliphatic heterocycles. The maximum atomic E-state index is 13.0. The van der Waals surface area contributed by atoms with Crippen LogP contribution in [0.15, 0.2) is 53.4 Å². The Bertz CT molecular complexity index is 1240. The van der Waals surface area contributed by atoms with Crippen molar-refractivity contribution in [3.8, 4) is 0 Å². The molecular formula is C21H17BrN6O. The molecule has 4 aromatic rings. The van der Waals surface area contributed by atoms with E-state index in [-0.39, 0.29) is 5.78 Å². The van der Waals surface area contributed by atoms with E-state index >= 15 is 0 Å². The molecule has 1 aliphatic carbocycles. The summed E-state index contributed by atoms with van der Waals surface area (Å²) in [5.41, 5.74) is 4.38. The molecule has 3 heterocycles. The van der Waals surface area contributed by atoms with Gasteiger partial charge in [-0.1, -0.05) is 22.0 Å². The fourth-order valence-corrected chi connectivity index (χ4v) is 4.16. The number of hydrogen-bond acceptors (Lipinski definition) is 6. The van der Waals surface area contributed by atoms with Crippen LogP contribution in [0.4, 0.5) is 5.95 Å². The zero-order valence-corrected chi connectivity index (χ0v) is 17.2. The van der Waals surface area contributed by atoms with Crippen LogP contribution < -0.4 is 5.32 Å². The number of pyridine rings is 1. The molecule has 5 rings (SSSR count). The van der Waals surface area contributed by atoms with Crippen molar-refractivity contribution >= 4 is 38.7 Å². The molecule has 0 saturated carbocycles. The number of benzene rings is 1. The Labute approximate surface area is 175 Å². The monoisotopic (exact) mass is 448 g/mol. The summed E-state index contributed by atoms with van der Waals surface area (Å²) in [5.74, 6) is 0.181. The number of fused-ring (bicyclic) bond motifs is 2. The van der Waals surface area contributed by atoms with E-state index in [0.717, 1.165) is 26.5 Å². The number of nitrogens with zero attached hydrogens (tertiary/aromatic N) is 5. The van der Waals surface area contributed by atoms with Gasteiger partial charge in [0, 0.05) is 43.1 Å². The van der Waals surface area contributed by atoms with E-state index in [4.69, 9.17) is 4.98 Å². The Balaban J connectivity index is 1.60. The highest BCUT2D eigenvalue weighted by Crippen LogP contribution is 2.39. The van der Waals surface area contributed by atoms with Crippen molar-refractivity contribution in [2.24, 2.45) is 7.05 Å². The van der Waals surface area contributed by atoms with Crippen molar-refractivity contribution in [2.75, 3.05) is 5.32 Å². The van der Waals surface area contributed by atoms with Crippen LogP contribution in [0.5, 0.6) is 0 Å². The average Bonchev–Trinajstić information content (AvgIpc) is 3.24. The molecule has 144 valence electrons. The molecule has 1 unspecified atom stereocenters. The summed E-state index contributed by atoms with van der Waals surface area (Å²) in [6, 6.07) is 9.85. The van der Waals surface area contributed by atoms with Crippen LogP contribution >= 0.6 is 15.9 Å². The first-order chi connectivity index (χ1) is 14.1. The van der Waals surface area contributed by atoms with E-state index in [1.54, 1.807) is 17.1 Å². The second-order valence-corrected chi connectivity index (χ2v) is 8.02. The van der Waals surface area contributed by atoms with Crippen LogP contribution in [-0.4, -0.2) is 30.5 Å². The Morgan fingerprint density at radius 1 is 1.21 bits per heavy atom. The molecule has 7 nitrogen and oxygen atoms in total. The maximum absolute atomic E-state index is 13.0. The Morgan fingerprint density at radius 3 is 2.86 bits per heavy atom. The van der Waals surface area contributed by atoms with Gasteiger partial charge in [-0.05, 0) is 41.0 Å². The predicted octanol–water partition coefficient (Wildman–Crippen LogP) is 3.39. The van der Waals surface area contributed by atoms with Gasteiger partial charge < -0.3 is 5.32 Å². The minimum Gasteiger partial charge on any atom is -0.350 e. The molecule has 0 radical (unpaired) electrons. The third-order valence-electron chi connectivity index (χ3n) is 5.10. The summed E-state index contributed by atoms with van der Waals surface area (Å²) >= 11 is 3.53. The quantitative estimate of drug-likeness (QED) is 0.514. The second-order valence-electron chi connectivity index (χ2n) is 7.10. The first-order valence-corrected chi connectivity index (χ1v) is 10.0. The van der Waals surface area contributed by atoms with Gasteiger partial charge in [0.2, 0.25) is 5.95 Å². The predicted molar refractivity (Wildman–Crippen MR) is 113 cm³/mol. The number of carbonyl (C=O) groups excluding carboxylic acids is 1. The highest BCUT2D eigenvalue weighted by molar-refractivity contribution is 9.10. The van der Waals surface area contributed by atoms with E-state index in [1.807, 2.05) is 43.6 Å². The minimum absolute atomic E-state index is 0.141. The minimum atomic E-state index is -0.418. The molecular weight excluding hydrogens is 432 g/mol. The van der Waals surface area contributed by atoms with Crippen molar-refractivity contribution in [3.05, 3.63) is 75.8 Å². The van der Waals surface area contributed by atoms with E-state index in [9.17, 15) is 4.79 Å². The van der Waals surface area contributed by atoms with E-state index in [2.05, 4.69) is 36.3 Å². The number of anilines is 1. The highest BCUT2D eigenvalue weighted by Gasteiger charge is 2.35. The van der Waals surface area contributed by atoms with Gasteiger partial charge in [-0.25, -0.2) is 4.98 Å². The number of carbonyl (C=O) groups is 1. The number of aryl methyl sites for hydroxylation is 1. The standard InChI is InChI=1S/C21H17BrN6O/c1-28-11-16-19(18-15-9-14(22)3-2-13(15)8-17(18)29)25-21(26-20(16)27-28)24-10-12-4-6-23-7-5-12/h2-7,9,11,18H,8,10H2,1H3,(H,24,26,27).